The number of aliphatic hydroxyl groups is 1. The second-order valence-electron chi connectivity index (χ2n) is 3.64. The van der Waals surface area contributed by atoms with Gasteiger partial charge in [-0.05, 0) is 18.8 Å². The van der Waals surface area contributed by atoms with Crippen LogP contribution >= 0.6 is 0 Å². The van der Waals surface area contributed by atoms with E-state index in [2.05, 4.69) is 20.8 Å². The topological polar surface area (TPSA) is 20.2 Å². The highest BCUT2D eigenvalue weighted by Crippen LogP contribution is 2.19. The van der Waals surface area contributed by atoms with Crippen molar-refractivity contribution in [1.82, 2.24) is 0 Å². The fourth-order valence-corrected chi connectivity index (χ4v) is 1.66. The Morgan fingerprint density at radius 2 is 1.67 bits per heavy atom. The van der Waals surface area contributed by atoms with Gasteiger partial charge in [0.15, 0.2) is 0 Å². The summed E-state index contributed by atoms with van der Waals surface area (Å²) in [5.74, 6) is 0.543. The largest absolute Gasteiger partial charge is 0.393 e. The summed E-state index contributed by atoms with van der Waals surface area (Å²) in [5.41, 5.74) is 0. The first-order valence-electron chi connectivity index (χ1n) is 5.44. The zero-order chi connectivity index (χ0) is 9.40. The van der Waals surface area contributed by atoms with E-state index in [1.807, 2.05) is 0 Å². The van der Waals surface area contributed by atoms with Crippen LogP contribution in [0.3, 0.4) is 0 Å². The monoisotopic (exact) mass is 172 g/mol. The third kappa shape index (κ3) is 4.76. The van der Waals surface area contributed by atoms with E-state index in [0.717, 1.165) is 12.8 Å². The molecular weight excluding hydrogens is 148 g/mol. The van der Waals surface area contributed by atoms with Crippen LogP contribution in [0.2, 0.25) is 0 Å². The molecule has 2 unspecified atom stereocenters. The Labute approximate surface area is 77.2 Å². The first-order valence-corrected chi connectivity index (χ1v) is 5.44. The lowest BCUT2D eigenvalue weighted by Crippen LogP contribution is -2.18. The van der Waals surface area contributed by atoms with Crippen molar-refractivity contribution in [2.75, 3.05) is 0 Å². The van der Waals surface area contributed by atoms with E-state index in [1.165, 1.54) is 25.7 Å². The number of unbranched alkanes of at least 4 members (excludes halogenated alkanes) is 2. The van der Waals surface area contributed by atoms with E-state index in [0.29, 0.717) is 5.92 Å². The normalized spacial score (nSPS) is 16.0. The van der Waals surface area contributed by atoms with Gasteiger partial charge in [0, 0.05) is 0 Å². The van der Waals surface area contributed by atoms with E-state index in [1.54, 1.807) is 0 Å². The lowest BCUT2D eigenvalue weighted by atomic mass is 9.92. The Bertz CT molecular complexity index is 91.0. The maximum atomic E-state index is 9.62. The summed E-state index contributed by atoms with van der Waals surface area (Å²) in [6.07, 6.45) is 7.05. The second-order valence-corrected chi connectivity index (χ2v) is 3.64. The summed E-state index contributed by atoms with van der Waals surface area (Å²) < 4.78 is 0. The molecule has 0 fully saturated rings. The van der Waals surface area contributed by atoms with Crippen molar-refractivity contribution in [3.8, 4) is 0 Å². The molecule has 0 spiro atoms. The Hall–Kier alpha value is -0.0400. The predicted molar refractivity (Wildman–Crippen MR) is 54.2 cm³/mol. The predicted octanol–water partition coefficient (Wildman–Crippen LogP) is 3.36. The van der Waals surface area contributed by atoms with E-state index in [4.69, 9.17) is 0 Å². The maximum Gasteiger partial charge on any atom is 0.0565 e. The SMILES string of the molecule is CCCCCC(CC)C(O)CC. The Balaban J connectivity index is 3.52. The van der Waals surface area contributed by atoms with Gasteiger partial charge in [-0.15, -0.1) is 0 Å². The van der Waals surface area contributed by atoms with Crippen LogP contribution in [0, 0.1) is 5.92 Å². The standard InChI is InChI=1S/C11H24O/c1-4-7-8-9-10(5-2)11(12)6-3/h10-12H,4-9H2,1-3H3. The highest BCUT2D eigenvalue weighted by atomic mass is 16.3. The van der Waals surface area contributed by atoms with Gasteiger partial charge in [0.05, 0.1) is 6.10 Å². The van der Waals surface area contributed by atoms with Crippen LogP contribution in [-0.4, -0.2) is 11.2 Å². The van der Waals surface area contributed by atoms with E-state index >= 15 is 0 Å². The van der Waals surface area contributed by atoms with Crippen molar-refractivity contribution in [2.24, 2.45) is 5.92 Å². The zero-order valence-corrected chi connectivity index (χ0v) is 8.84. The molecule has 1 nitrogen and oxygen atoms in total. The maximum absolute atomic E-state index is 9.62. The zero-order valence-electron chi connectivity index (χ0n) is 8.84. The third-order valence-electron chi connectivity index (χ3n) is 2.67. The highest BCUT2D eigenvalue weighted by Gasteiger charge is 2.14. The number of aliphatic hydroxyl groups excluding tert-OH is 1. The number of hydrogen-bond acceptors (Lipinski definition) is 1. The summed E-state index contributed by atoms with van der Waals surface area (Å²) in [4.78, 5) is 0. The molecule has 0 aliphatic carbocycles. The summed E-state index contributed by atoms with van der Waals surface area (Å²) in [6, 6.07) is 0. The second kappa shape index (κ2) is 7.60. The molecule has 1 heteroatoms. The Kier molecular flexibility index (Phi) is 7.58. The minimum atomic E-state index is -0.0631. The molecule has 0 aromatic carbocycles. The van der Waals surface area contributed by atoms with Gasteiger partial charge in [0.2, 0.25) is 0 Å². The minimum Gasteiger partial charge on any atom is -0.393 e. The van der Waals surface area contributed by atoms with E-state index in [9.17, 15) is 5.11 Å². The first kappa shape index (κ1) is 12.0. The smallest absolute Gasteiger partial charge is 0.0565 e. The lowest BCUT2D eigenvalue weighted by Gasteiger charge is -2.19. The van der Waals surface area contributed by atoms with Crippen LogP contribution in [-0.2, 0) is 0 Å². The molecule has 0 heterocycles. The highest BCUT2D eigenvalue weighted by molar-refractivity contribution is 4.65. The van der Waals surface area contributed by atoms with Gasteiger partial charge in [-0.25, -0.2) is 0 Å². The van der Waals surface area contributed by atoms with Crippen LogP contribution in [0.25, 0.3) is 0 Å². The molecule has 0 saturated carbocycles. The average Bonchev–Trinajstić information content (AvgIpc) is 2.11. The molecule has 0 aromatic heterocycles. The molecule has 0 saturated heterocycles. The van der Waals surface area contributed by atoms with Crippen LogP contribution in [0.4, 0.5) is 0 Å². The van der Waals surface area contributed by atoms with Gasteiger partial charge in [-0.3, -0.25) is 0 Å². The Morgan fingerprint density at radius 3 is 2.08 bits per heavy atom. The fourth-order valence-electron chi connectivity index (χ4n) is 1.66. The van der Waals surface area contributed by atoms with Gasteiger partial charge >= 0.3 is 0 Å². The third-order valence-corrected chi connectivity index (χ3v) is 2.67. The quantitative estimate of drug-likeness (QED) is 0.584. The summed E-state index contributed by atoms with van der Waals surface area (Å²) in [7, 11) is 0. The van der Waals surface area contributed by atoms with Gasteiger partial charge in [0.1, 0.15) is 0 Å². The number of rotatable bonds is 7. The van der Waals surface area contributed by atoms with Gasteiger partial charge in [0.25, 0.3) is 0 Å². The summed E-state index contributed by atoms with van der Waals surface area (Å²) >= 11 is 0. The molecule has 12 heavy (non-hydrogen) atoms. The van der Waals surface area contributed by atoms with Crippen molar-refractivity contribution in [2.45, 2.75) is 65.4 Å². The molecule has 0 amide bonds. The molecule has 74 valence electrons. The molecule has 0 aromatic rings. The molecule has 2 atom stereocenters. The summed E-state index contributed by atoms with van der Waals surface area (Å²) in [6.45, 7) is 6.46. The molecule has 0 aliphatic rings. The molecule has 0 rings (SSSR count). The van der Waals surface area contributed by atoms with Crippen molar-refractivity contribution < 1.29 is 5.11 Å². The van der Waals surface area contributed by atoms with Gasteiger partial charge in [-0.2, -0.15) is 0 Å². The van der Waals surface area contributed by atoms with Gasteiger partial charge in [-0.1, -0.05) is 46.5 Å². The Morgan fingerprint density at radius 1 is 1.00 bits per heavy atom. The van der Waals surface area contributed by atoms with Gasteiger partial charge < -0.3 is 5.11 Å². The minimum absolute atomic E-state index is 0.0631. The lowest BCUT2D eigenvalue weighted by molar-refractivity contribution is 0.0947. The molecule has 0 radical (unpaired) electrons. The molecule has 0 bridgehead atoms. The fraction of sp³-hybridized carbons (Fsp3) is 1.00. The average molecular weight is 172 g/mol. The van der Waals surface area contributed by atoms with Crippen molar-refractivity contribution in [3.63, 3.8) is 0 Å². The van der Waals surface area contributed by atoms with Crippen molar-refractivity contribution in [3.05, 3.63) is 0 Å². The van der Waals surface area contributed by atoms with E-state index in [-0.39, 0.29) is 6.10 Å². The number of hydrogen-bond donors (Lipinski definition) is 1. The van der Waals surface area contributed by atoms with E-state index < -0.39 is 0 Å². The first-order chi connectivity index (χ1) is 5.76. The van der Waals surface area contributed by atoms with Crippen LogP contribution in [0.15, 0.2) is 0 Å². The van der Waals surface area contributed by atoms with Crippen molar-refractivity contribution >= 4 is 0 Å². The summed E-state index contributed by atoms with van der Waals surface area (Å²) in [5, 5.41) is 9.62. The molecular formula is C11H24O. The van der Waals surface area contributed by atoms with Crippen molar-refractivity contribution in [1.29, 1.82) is 0 Å². The van der Waals surface area contributed by atoms with Crippen LogP contribution < -0.4 is 0 Å². The molecule has 1 N–H and O–H groups in total. The van der Waals surface area contributed by atoms with Crippen LogP contribution in [0.1, 0.15) is 59.3 Å². The molecule has 0 aliphatic heterocycles. The van der Waals surface area contributed by atoms with Crippen LogP contribution in [0.5, 0.6) is 0 Å².